The summed E-state index contributed by atoms with van der Waals surface area (Å²) in [6.45, 7) is 11.1. The van der Waals surface area contributed by atoms with Crippen molar-refractivity contribution in [2.75, 3.05) is 19.6 Å². The van der Waals surface area contributed by atoms with Crippen LogP contribution >= 0.6 is 0 Å². The summed E-state index contributed by atoms with van der Waals surface area (Å²) in [6, 6.07) is 1.57. The second-order valence-corrected chi connectivity index (χ2v) is 7.14. The van der Waals surface area contributed by atoms with Crippen LogP contribution in [0.5, 0.6) is 0 Å². The Hall–Kier alpha value is -0.0800. The highest BCUT2D eigenvalue weighted by molar-refractivity contribution is 4.85. The lowest BCUT2D eigenvalue weighted by molar-refractivity contribution is 0.206. The van der Waals surface area contributed by atoms with Crippen LogP contribution in [0.3, 0.4) is 0 Å². The third-order valence-corrected chi connectivity index (χ3v) is 5.24. The Morgan fingerprint density at radius 2 is 1.89 bits per heavy atom. The van der Waals surface area contributed by atoms with Crippen LogP contribution in [0, 0.1) is 11.8 Å². The van der Waals surface area contributed by atoms with Gasteiger partial charge in [0, 0.05) is 12.1 Å². The summed E-state index contributed by atoms with van der Waals surface area (Å²) in [5.41, 5.74) is 0. The first-order valence-electron chi connectivity index (χ1n) is 8.67. The summed E-state index contributed by atoms with van der Waals surface area (Å²) < 4.78 is 0. The molecule has 2 heteroatoms. The Morgan fingerprint density at radius 1 is 1.05 bits per heavy atom. The Labute approximate surface area is 120 Å². The van der Waals surface area contributed by atoms with Crippen molar-refractivity contribution in [2.24, 2.45) is 11.8 Å². The monoisotopic (exact) mass is 266 g/mol. The number of nitrogens with zero attached hydrogens (tertiary/aromatic N) is 1. The minimum Gasteiger partial charge on any atom is -0.311 e. The van der Waals surface area contributed by atoms with Gasteiger partial charge in [-0.05, 0) is 76.4 Å². The number of likely N-dealkylation sites (tertiary alicyclic amines) is 1. The van der Waals surface area contributed by atoms with Gasteiger partial charge in [0.05, 0.1) is 0 Å². The highest BCUT2D eigenvalue weighted by atomic mass is 15.1. The van der Waals surface area contributed by atoms with Crippen molar-refractivity contribution in [3.63, 3.8) is 0 Å². The maximum atomic E-state index is 4.00. The van der Waals surface area contributed by atoms with E-state index in [0.717, 1.165) is 23.9 Å². The summed E-state index contributed by atoms with van der Waals surface area (Å²) in [4.78, 5) is 2.66. The largest absolute Gasteiger partial charge is 0.311 e. The molecule has 0 aromatic carbocycles. The van der Waals surface area contributed by atoms with E-state index in [0.29, 0.717) is 0 Å². The molecule has 2 nitrogen and oxygen atoms in total. The van der Waals surface area contributed by atoms with E-state index in [4.69, 9.17) is 0 Å². The van der Waals surface area contributed by atoms with Gasteiger partial charge in [-0.25, -0.2) is 0 Å². The van der Waals surface area contributed by atoms with E-state index in [9.17, 15) is 0 Å². The van der Waals surface area contributed by atoms with E-state index >= 15 is 0 Å². The number of hydrogen-bond donors (Lipinski definition) is 1. The van der Waals surface area contributed by atoms with Crippen molar-refractivity contribution < 1.29 is 0 Å². The van der Waals surface area contributed by atoms with Crippen molar-refractivity contribution in [2.45, 2.75) is 77.8 Å². The molecule has 0 spiro atoms. The van der Waals surface area contributed by atoms with Gasteiger partial charge in [-0.15, -0.1) is 0 Å². The Kier molecular flexibility index (Phi) is 6.15. The molecule has 1 aliphatic carbocycles. The molecule has 4 unspecified atom stereocenters. The van der Waals surface area contributed by atoms with Gasteiger partial charge >= 0.3 is 0 Å². The zero-order chi connectivity index (χ0) is 13.7. The van der Waals surface area contributed by atoms with Crippen LogP contribution in [-0.2, 0) is 0 Å². The van der Waals surface area contributed by atoms with Crippen molar-refractivity contribution in [1.29, 1.82) is 0 Å². The second-order valence-electron chi connectivity index (χ2n) is 7.14. The zero-order valence-electron chi connectivity index (χ0n) is 13.3. The molecular formula is C17H34N2. The maximum absolute atomic E-state index is 4.00. The summed E-state index contributed by atoms with van der Waals surface area (Å²) >= 11 is 0. The standard InChI is InChI=1S/C17H34N2/c1-4-10-19-11-5-6-16(9-12-19)18-17-8-7-14(2)13-15(17)3/h14-18H,4-13H2,1-3H3. The number of nitrogens with one attached hydrogen (secondary N) is 1. The van der Waals surface area contributed by atoms with Crippen molar-refractivity contribution in [3.8, 4) is 0 Å². The van der Waals surface area contributed by atoms with Crippen LogP contribution in [0.2, 0.25) is 0 Å². The SMILES string of the molecule is CCCN1CCCC(NC2CCC(C)CC2C)CC1. The number of hydrogen-bond acceptors (Lipinski definition) is 2. The van der Waals surface area contributed by atoms with E-state index < -0.39 is 0 Å². The van der Waals surface area contributed by atoms with E-state index in [1.54, 1.807) is 0 Å². The molecular weight excluding hydrogens is 232 g/mol. The zero-order valence-corrected chi connectivity index (χ0v) is 13.3. The first kappa shape index (κ1) is 15.3. The fraction of sp³-hybridized carbons (Fsp3) is 1.00. The van der Waals surface area contributed by atoms with Gasteiger partial charge in [0.1, 0.15) is 0 Å². The molecule has 2 fully saturated rings. The van der Waals surface area contributed by atoms with Crippen LogP contribution in [-0.4, -0.2) is 36.6 Å². The minimum atomic E-state index is 0.780. The fourth-order valence-electron chi connectivity index (χ4n) is 4.08. The highest BCUT2D eigenvalue weighted by Gasteiger charge is 2.27. The predicted molar refractivity (Wildman–Crippen MR) is 83.5 cm³/mol. The first-order chi connectivity index (χ1) is 9.19. The summed E-state index contributed by atoms with van der Waals surface area (Å²) in [7, 11) is 0. The smallest absolute Gasteiger partial charge is 0.00954 e. The molecule has 1 saturated carbocycles. The summed E-state index contributed by atoms with van der Waals surface area (Å²) in [5.74, 6) is 1.82. The van der Waals surface area contributed by atoms with Gasteiger partial charge in [0.15, 0.2) is 0 Å². The lowest BCUT2D eigenvalue weighted by atomic mass is 9.79. The summed E-state index contributed by atoms with van der Waals surface area (Å²) in [5, 5.41) is 4.00. The molecule has 2 aliphatic rings. The van der Waals surface area contributed by atoms with Gasteiger partial charge < -0.3 is 10.2 Å². The molecule has 0 radical (unpaired) electrons. The van der Waals surface area contributed by atoms with E-state index in [1.807, 2.05) is 0 Å². The van der Waals surface area contributed by atoms with E-state index in [-0.39, 0.29) is 0 Å². The normalized spacial score (nSPS) is 38.1. The van der Waals surface area contributed by atoms with Crippen molar-refractivity contribution in [3.05, 3.63) is 0 Å². The molecule has 0 aromatic rings. The molecule has 112 valence electrons. The molecule has 1 saturated heterocycles. The summed E-state index contributed by atoms with van der Waals surface area (Å²) in [6.07, 6.45) is 9.68. The van der Waals surface area contributed by atoms with Crippen LogP contribution in [0.15, 0.2) is 0 Å². The maximum Gasteiger partial charge on any atom is 0.00954 e. The molecule has 0 aromatic heterocycles. The molecule has 0 amide bonds. The molecule has 19 heavy (non-hydrogen) atoms. The molecule has 1 N–H and O–H groups in total. The lowest BCUT2D eigenvalue weighted by Gasteiger charge is -2.36. The van der Waals surface area contributed by atoms with Crippen LogP contribution in [0.4, 0.5) is 0 Å². The van der Waals surface area contributed by atoms with E-state index in [2.05, 4.69) is 31.0 Å². The third kappa shape index (κ3) is 4.75. The van der Waals surface area contributed by atoms with Crippen LogP contribution in [0.1, 0.15) is 65.7 Å². The quantitative estimate of drug-likeness (QED) is 0.835. The number of rotatable bonds is 4. The molecule has 4 atom stereocenters. The highest BCUT2D eigenvalue weighted by Crippen LogP contribution is 2.29. The van der Waals surface area contributed by atoms with Crippen molar-refractivity contribution in [1.82, 2.24) is 10.2 Å². The van der Waals surface area contributed by atoms with Crippen LogP contribution < -0.4 is 5.32 Å². The Balaban J connectivity index is 1.76. The lowest BCUT2D eigenvalue weighted by Crippen LogP contribution is -2.45. The van der Waals surface area contributed by atoms with Gasteiger partial charge in [-0.2, -0.15) is 0 Å². The molecule has 2 rings (SSSR count). The third-order valence-electron chi connectivity index (χ3n) is 5.24. The Bertz CT molecular complexity index is 254. The Morgan fingerprint density at radius 3 is 2.63 bits per heavy atom. The first-order valence-corrected chi connectivity index (χ1v) is 8.67. The van der Waals surface area contributed by atoms with Gasteiger partial charge in [-0.1, -0.05) is 20.8 Å². The molecule has 1 heterocycles. The van der Waals surface area contributed by atoms with Crippen molar-refractivity contribution >= 4 is 0 Å². The average molecular weight is 266 g/mol. The van der Waals surface area contributed by atoms with Gasteiger partial charge in [-0.3, -0.25) is 0 Å². The minimum absolute atomic E-state index is 0.780. The fourth-order valence-corrected chi connectivity index (χ4v) is 4.08. The van der Waals surface area contributed by atoms with E-state index in [1.165, 1.54) is 64.6 Å². The molecule has 0 bridgehead atoms. The second kappa shape index (κ2) is 7.64. The van der Waals surface area contributed by atoms with Crippen LogP contribution in [0.25, 0.3) is 0 Å². The predicted octanol–water partition coefficient (Wildman–Crippen LogP) is 3.67. The van der Waals surface area contributed by atoms with Gasteiger partial charge in [0.2, 0.25) is 0 Å². The average Bonchev–Trinajstić information content (AvgIpc) is 2.59. The molecule has 1 aliphatic heterocycles. The topological polar surface area (TPSA) is 15.3 Å². The van der Waals surface area contributed by atoms with Gasteiger partial charge in [0.25, 0.3) is 0 Å².